The van der Waals surface area contributed by atoms with Crippen molar-refractivity contribution >= 4 is 34.8 Å². The Bertz CT molecular complexity index is 566. The molecule has 0 fully saturated rings. The summed E-state index contributed by atoms with van der Waals surface area (Å²) < 4.78 is 0. The summed E-state index contributed by atoms with van der Waals surface area (Å²) in [6.45, 7) is 1.83. The molecule has 0 radical (unpaired) electrons. The lowest BCUT2D eigenvalue weighted by atomic mass is 10.2. The maximum absolute atomic E-state index is 11.9. The molecule has 0 atom stereocenters. The lowest BCUT2D eigenvalue weighted by molar-refractivity contribution is 0.102. The number of hydrogen-bond acceptors (Lipinski definition) is 4. The Hall–Kier alpha value is -1.72. The van der Waals surface area contributed by atoms with Crippen LogP contribution in [0.15, 0.2) is 24.7 Å². The molecule has 18 heavy (non-hydrogen) atoms. The highest BCUT2D eigenvalue weighted by atomic mass is 35.5. The summed E-state index contributed by atoms with van der Waals surface area (Å²) >= 11 is 11.6. The van der Waals surface area contributed by atoms with Crippen LogP contribution in [0.25, 0.3) is 0 Å². The standard InChI is InChI=1S/C11H8Cl2N4O/c1-6-2-3-7(4-14-6)11(18)17-8-9(12)15-5-16-10(8)13/h2-5H,1H3,(H,17,18). The van der Waals surface area contributed by atoms with E-state index in [4.69, 9.17) is 23.2 Å². The highest BCUT2D eigenvalue weighted by molar-refractivity contribution is 6.38. The van der Waals surface area contributed by atoms with Crippen LogP contribution in [0.2, 0.25) is 10.3 Å². The van der Waals surface area contributed by atoms with Crippen LogP contribution < -0.4 is 5.32 Å². The summed E-state index contributed by atoms with van der Waals surface area (Å²) in [5.74, 6) is -0.374. The highest BCUT2D eigenvalue weighted by Crippen LogP contribution is 2.26. The van der Waals surface area contributed by atoms with E-state index < -0.39 is 0 Å². The number of carbonyl (C=O) groups excluding carboxylic acids is 1. The fraction of sp³-hybridized carbons (Fsp3) is 0.0909. The molecular weight excluding hydrogens is 275 g/mol. The van der Waals surface area contributed by atoms with Gasteiger partial charge in [0.15, 0.2) is 10.3 Å². The Balaban J connectivity index is 2.24. The Kier molecular flexibility index (Phi) is 3.74. The third-order valence-corrected chi connectivity index (χ3v) is 2.74. The zero-order valence-electron chi connectivity index (χ0n) is 9.32. The van der Waals surface area contributed by atoms with Gasteiger partial charge in [-0.3, -0.25) is 9.78 Å². The molecule has 0 saturated heterocycles. The van der Waals surface area contributed by atoms with Gasteiger partial charge in [-0.15, -0.1) is 0 Å². The first-order valence-electron chi connectivity index (χ1n) is 4.98. The summed E-state index contributed by atoms with van der Waals surface area (Å²) in [5, 5.41) is 2.72. The third-order valence-electron chi connectivity index (χ3n) is 2.17. The summed E-state index contributed by atoms with van der Waals surface area (Å²) in [6, 6.07) is 3.39. The SMILES string of the molecule is Cc1ccc(C(=O)Nc2c(Cl)ncnc2Cl)cn1. The normalized spacial score (nSPS) is 10.2. The predicted octanol–water partition coefficient (Wildman–Crippen LogP) is 2.74. The highest BCUT2D eigenvalue weighted by Gasteiger charge is 2.13. The Morgan fingerprint density at radius 1 is 1.17 bits per heavy atom. The number of amides is 1. The molecule has 0 aromatic carbocycles. The van der Waals surface area contributed by atoms with E-state index in [1.54, 1.807) is 12.1 Å². The van der Waals surface area contributed by atoms with E-state index >= 15 is 0 Å². The van der Waals surface area contributed by atoms with Crippen molar-refractivity contribution in [2.75, 3.05) is 5.32 Å². The van der Waals surface area contributed by atoms with E-state index in [2.05, 4.69) is 20.3 Å². The number of rotatable bonds is 2. The molecule has 2 rings (SSSR count). The van der Waals surface area contributed by atoms with E-state index in [-0.39, 0.29) is 21.9 Å². The summed E-state index contributed by atoms with van der Waals surface area (Å²) in [7, 11) is 0. The fourth-order valence-corrected chi connectivity index (χ4v) is 1.64. The second-order valence-electron chi connectivity index (χ2n) is 3.47. The third kappa shape index (κ3) is 2.75. The van der Waals surface area contributed by atoms with E-state index in [1.807, 2.05) is 6.92 Å². The van der Waals surface area contributed by atoms with Crippen LogP contribution in [-0.4, -0.2) is 20.9 Å². The van der Waals surface area contributed by atoms with E-state index in [0.29, 0.717) is 5.56 Å². The van der Waals surface area contributed by atoms with Crippen LogP contribution in [0.5, 0.6) is 0 Å². The molecule has 1 N–H and O–H groups in total. The topological polar surface area (TPSA) is 67.8 Å². The number of anilines is 1. The van der Waals surface area contributed by atoms with Crippen molar-refractivity contribution in [2.45, 2.75) is 6.92 Å². The fourth-order valence-electron chi connectivity index (χ4n) is 1.24. The molecule has 2 aromatic heterocycles. The molecule has 92 valence electrons. The van der Waals surface area contributed by atoms with Crippen molar-refractivity contribution in [3.05, 3.63) is 46.2 Å². The molecule has 0 unspecified atom stereocenters. The number of carbonyl (C=O) groups is 1. The Morgan fingerprint density at radius 2 is 1.83 bits per heavy atom. The maximum Gasteiger partial charge on any atom is 0.257 e. The smallest absolute Gasteiger partial charge is 0.257 e. The van der Waals surface area contributed by atoms with Crippen LogP contribution in [0.3, 0.4) is 0 Å². The lowest BCUT2D eigenvalue weighted by Crippen LogP contribution is -2.13. The molecule has 0 aliphatic heterocycles. The van der Waals surface area contributed by atoms with Gasteiger partial charge in [0, 0.05) is 11.9 Å². The summed E-state index contributed by atoms with van der Waals surface area (Å²) in [4.78, 5) is 23.4. The molecule has 0 aliphatic rings. The first-order valence-corrected chi connectivity index (χ1v) is 5.73. The van der Waals surface area contributed by atoms with Gasteiger partial charge in [0.05, 0.1) is 5.56 Å². The number of nitrogens with one attached hydrogen (secondary N) is 1. The summed E-state index contributed by atoms with van der Waals surface area (Å²) in [6.07, 6.45) is 2.68. The molecule has 0 spiro atoms. The van der Waals surface area contributed by atoms with Gasteiger partial charge in [-0.1, -0.05) is 23.2 Å². The van der Waals surface area contributed by atoms with Gasteiger partial charge in [0.25, 0.3) is 5.91 Å². The van der Waals surface area contributed by atoms with Gasteiger partial charge >= 0.3 is 0 Å². The van der Waals surface area contributed by atoms with Gasteiger partial charge in [-0.25, -0.2) is 9.97 Å². The van der Waals surface area contributed by atoms with Gasteiger partial charge in [-0.2, -0.15) is 0 Å². The second-order valence-corrected chi connectivity index (χ2v) is 4.19. The first-order chi connectivity index (χ1) is 8.58. The first kappa shape index (κ1) is 12.7. The van der Waals surface area contributed by atoms with Crippen LogP contribution in [0.4, 0.5) is 5.69 Å². The molecular formula is C11H8Cl2N4O. The quantitative estimate of drug-likeness (QED) is 0.860. The van der Waals surface area contributed by atoms with Gasteiger partial charge < -0.3 is 5.32 Å². The van der Waals surface area contributed by atoms with Crippen molar-refractivity contribution in [3.8, 4) is 0 Å². The number of aryl methyl sites for hydroxylation is 1. The van der Waals surface area contributed by atoms with Crippen LogP contribution in [0, 0.1) is 6.92 Å². The minimum atomic E-state index is -0.374. The molecule has 2 aromatic rings. The molecule has 7 heteroatoms. The monoisotopic (exact) mass is 282 g/mol. The van der Waals surface area contributed by atoms with Crippen molar-refractivity contribution in [1.82, 2.24) is 15.0 Å². The number of aromatic nitrogens is 3. The lowest BCUT2D eigenvalue weighted by Gasteiger charge is -2.07. The van der Waals surface area contributed by atoms with Crippen LogP contribution >= 0.6 is 23.2 Å². The number of halogens is 2. The minimum Gasteiger partial charge on any atom is -0.317 e. The average molecular weight is 283 g/mol. The Morgan fingerprint density at radius 3 is 2.39 bits per heavy atom. The van der Waals surface area contributed by atoms with Crippen molar-refractivity contribution in [2.24, 2.45) is 0 Å². The van der Waals surface area contributed by atoms with Gasteiger partial charge in [-0.05, 0) is 19.1 Å². The van der Waals surface area contributed by atoms with Gasteiger partial charge in [0.1, 0.15) is 12.0 Å². The number of hydrogen-bond donors (Lipinski definition) is 1. The molecule has 0 saturated carbocycles. The zero-order chi connectivity index (χ0) is 13.1. The maximum atomic E-state index is 11.9. The average Bonchev–Trinajstić information content (AvgIpc) is 2.34. The molecule has 0 bridgehead atoms. The molecule has 0 aliphatic carbocycles. The minimum absolute atomic E-state index is 0.0865. The number of nitrogens with zero attached hydrogens (tertiary/aromatic N) is 3. The molecule has 5 nitrogen and oxygen atoms in total. The second kappa shape index (κ2) is 5.29. The van der Waals surface area contributed by atoms with E-state index in [9.17, 15) is 4.79 Å². The molecule has 2 heterocycles. The van der Waals surface area contributed by atoms with E-state index in [1.165, 1.54) is 12.5 Å². The van der Waals surface area contributed by atoms with Crippen molar-refractivity contribution in [3.63, 3.8) is 0 Å². The zero-order valence-corrected chi connectivity index (χ0v) is 10.8. The molecule has 1 amide bonds. The predicted molar refractivity (Wildman–Crippen MR) is 69.0 cm³/mol. The summed E-state index contributed by atoms with van der Waals surface area (Å²) in [5.41, 5.74) is 1.41. The van der Waals surface area contributed by atoms with Gasteiger partial charge in [0.2, 0.25) is 0 Å². The number of pyridine rings is 1. The van der Waals surface area contributed by atoms with Crippen molar-refractivity contribution in [1.29, 1.82) is 0 Å². The van der Waals surface area contributed by atoms with Crippen LogP contribution in [0.1, 0.15) is 16.1 Å². The van der Waals surface area contributed by atoms with Crippen molar-refractivity contribution < 1.29 is 4.79 Å². The van der Waals surface area contributed by atoms with E-state index in [0.717, 1.165) is 5.69 Å². The Labute approximate surface area is 113 Å². The largest absolute Gasteiger partial charge is 0.317 e. The van der Waals surface area contributed by atoms with Crippen LogP contribution in [-0.2, 0) is 0 Å².